The van der Waals surface area contributed by atoms with Crippen LogP contribution in [0.2, 0.25) is 0 Å². The summed E-state index contributed by atoms with van der Waals surface area (Å²) in [6, 6.07) is 17.7. The van der Waals surface area contributed by atoms with Gasteiger partial charge in [-0.3, -0.25) is 9.59 Å². The number of amides is 1. The lowest BCUT2D eigenvalue weighted by Crippen LogP contribution is -2.31. The van der Waals surface area contributed by atoms with Gasteiger partial charge in [0.1, 0.15) is 6.54 Å². The Morgan fingerprint density at radius 1 is 1.06 bits per heavy atom. The third kappa shape index (κ3) is 3.63. The summed E-state index contributed by atoms with van der Waals surface area (Å²) in [5.74, 6) is 0.777. The summed E-state index contributed by atoms with van der Waals surface area (Å²) in [4.78, 5) is 30.4. The van der Waals surface area contributed by atoms with Crippen LogP contribution in [-0.2, 0) is 30.7 Å². The van der Waals surface area contributed by atoms with E-state index in [9.17, 15) is 9.59 Å². The molecule has 7 heteroatoms. The van der Waals surface area contributed by atoms with Crippen molar-refractivity contribution in [3.63, 3.8) is 0 Å². The maximum atomic E-state index is 13.0. The minimum absolute atomic E-state index is 0.102. The molecular weight excluding hydrogens is 390 g/mol. The standard InChI is InChI=1S/C24H23N5O2/c1-16-10-12-18(13-11-16)22-26-24-28(15-21(30)25-14-17-6-3-2-4-7-17)20-9-5-8-19(20)23(31)29(24)27-22/h2-4,6-7,10-13H,5,8-9,14-15H2,1H3,(H,25,30). The van der Waals surface area contributed by atoms with Gasteiger partial charge in [-0.1, -0.05) is 60.2 Å². The van der Waals surface area contributed by atoms with Crippen molar-refractivity contribution in [3.05, 3.63) is 87.3 Å². The van der Waals surface area contributed by atoms with Gasteiger partial charge in [0.2, 0.25) is 11.7 Å². The highest BCUT2D eigenvalue weighted by Gasteiger charge is 2.25. The molecule has 0 radical (unpaired) electrons. The fraction of sp³-hybridized carbons (Fsp3) is 0.250. The highest BCUT2D eigenvalue weighted by Crippen LogP contribution is 2.22. The zero-order valence-electron chi connectivity index (χ0n) is 17.3. The Hall–Kier alpha value is -3.74. The quantitative estimate of drug-likeness (QED) is 0.545. The molecule has 1 N–H and O–H groups in total. The van der Waals surface area contributed by atoms with E-state index < -0.39 is 0 Å². The predicted molar refractivity (Wildman–Crippen MR) is 118 cm³/mol. The monoisotopic (exact) mass is 413 g/mol. The largest absolute Gasteiger partial charge is 0.350 e. The van der Waals surface area contributed by atoms with Crippen molar-refractivity contribution in [2.75, 3.05) is 0 Å². The molecule has 2 aromatic carbocycles. The van der Waals surface area contributed by atoms with E-state index in [4.69, 9.17) is 0 Å². The fourth-order valence-corrected chi connectivity index (χ4v) is 4.11. The smallest absolute Gasteiger partial charge is 0.279 e. The van der Waals surface area contributed by atoms with Gasteiger partial charge in [-0.05, 0) is 31.7 Å². The van der Waals surface area contributed by atoms with E-state index in [0.29, 0.717) is 24.6 Å². The Balaban J connectivity index is 1.51. The molecule has 156 valence electrons. The van der Waals surface area contributed by atoms with Crippen LogP contribution in [0, 0.1) is 6.92 Å². The van der Waals surface area contributed by atoms with Gasteiger partial charge in [0.25, 0.3) is 5.56 Å². The molecule has 0 atom stereocenters. The SMILES string of the molecule is Cc1ccc(-c2nc3n(CC(=O)NCc4ccccc4)c4c(c(=O)n3n2)CCC4)cc1. The second-order valence-electron chi connectivity index (χ2n) is 7.95. The molecule has 5 rings (SSSR count). The number of nitrogens with zero attached hydrogens (tertiary/aromatic N) is 4. The maximum absolute atomic E-state index is 13.0. The first-order chi connectivity index (χ1) is 15.1. The molecule has 7 nitrogen and oxygen atoms in total. The van der Waals surface area contributed by atoms with Gasteiger partial charge in [0, 0.05) is 23.4 Å². The first-order valence-electron chi connectivity index (χ1n) is 10.5. The zero-order valence-corrected chi connectivity index (χ0v) is 17.3. The van der Waals surface area contributed by atoms with Crippen molar-refractivity contribution in [1.29, 1.82) is 0 Å². The number of rotatable bonds is 5. The van der Waals surface area contributed by atoms with Crippen LogP contribution in [0.1, 0.15) is 28.8 Å². The molecule has 4 aromatic rings. The lowest BCUT2D eigenvalue weighted by atomic mass is 10.1. The number of aromatic nitrogens is 4. The second kappa shape index (κ2) is 7.83. The van der Waals surface area contributed by atoms with Crippen LogP contribution in [0.5, 0.6) is 0 Å². The van der Waals surface area contributed by atoms with Gasteiger partial charge >= 0.3 is 0 Å². The second-order valence-corrected chi connectivity index (χ2v) is 7.95. The van der Waals surface area contributed by atoms with Crippen LogP contribution < -0.4 is 10.9 Å². The van der Waals surface area contributed by atoms with E-state index in [1.165, 1.54) is 4.52 Å². The summed E-state index contributed by atoms with van der Waals surface area (Å²) in [5.41, 5.74) is 4.53. The molecule has 1 aliphatic carbocycles. The fourth-order valence-electron chi connectivity index (χ4n) is 4.11. The average molecular weight is 413 g/mol. The van der Waals surface area contributed by atoms with Crippen LogP contribution >= 0.6 is 0 Å². The zero-order chi connectivity index (χ0) is 21.4. The summed E-state index contributed by atoms with van der Waals surface area (Å²) >= 11 is 0. The van der Waals surface area contributed by atoms with Crippen molar-refractivity contribution < 1.29 is 4.79 Å². The van der Waals surface area contributed by atoms with E-state index in [-0.39, 0.29) is 18.0 Å². The number of hydrogen-bond donors (Lipinski definition) is 1. The Bertz CT molecular complexity index is 1320. The van der Waals surface area contributed by atoms with Gasteiger partial charge < -0.3 is 9.88 Å². The highest BCUT2D eigenvalue weighted by atomic mass is 16.2. The number of fused-ring (bicyclic) bond motifs is 2. The molecule has 1 amide bonds. The summed E-state index contributed by atoms with van der Waals surface area (Å²) in [7, 11) is 0. The van der Waals surface area contributed by atoms with Gasteiger partial charge in [-0.15, -0.1) is 5.10 Å². The van der Waals surface area contributed by atoms with Crippen molar-refractivity contribution in [1.82, 2.24) is 24.5 Å². The molecule has 0 bridgehead atoms. The number of hydrogen-bond acceptors (Lipinski definition) is 4. The molecule has 0 fully saturated rings. The number of carbonyl (C=O) groups excluding carboxylic acids is 1. The van der Waals surface area contributed by atoms with E-state index in [1.54, 1.807) is 0 Å². The maximum Gasteiger partial charge on any atom is 0.279 e. The molecule has 0 saturated heterocycles. The predicted octanol–water partition coefficient (Wildman–Crippen LogP) is 2.67. The Morgan fingerprint density at radius 3 is 2.61 bits per heavy atom. The van der Waals surface area contributed by atoms with Crippen molar-refractivity contribution in [2.24, 2.45) is 0 Å². The van der Waals surface area contributed by atoms with Crippen molar-refractivity contribution in [2.45, 2.75) is 39.3 Å². The first-order valence-corrected chi connectivity index (χ1v) is 10.5. The molecule has 2 aromatic heterocycles. The number of nitrogens with one attached hydrogen (secondary N) is 1. The lowest BCUT2D eigenvalue weighted by molar-refractivity contribution is -0.121. The van der Waals surface area contributed by atoms with Gasteiger partial charge in [-0.2, -0.15) is 9.50 Å². The van der Waals surface area contributed by atoms with Gasteiger partial charge in [0.15, 0.2) is 5.82 Å². The van der Waals surface area contributed by atoms with Crippen LogP contribution in [-0.4, -0.2) is 25.1 Å². The van der Waals surface area contributed by atoms with Gasteiger partial charge in [0.05, 0.1) is 0 Å². The van der Waals surface area contributed by atoms with Gasteiger partial charge in [-0.25, -0.2) is 0 Å². The summed E-state index contributed by atoms with van der Waals surface area (Å²) < 4.78 is 3.21. The molecule has 31 heavy (non-hydrogen) atoms. The summed E-state index contributed by atoms with van der Waals surface area (Å²) in [6.07, 6.45) is 2.36. The molecule has 2 heterocycles. The topological polar surface area (TPSA) is 81.3 Å². The van der Waals surface area contributed by atoms with Crippen molar-refractivity contribution >= 4 is 11.7 Å². The van der Waals surface area contributed by atoms with Crippen LogP contribution in [0.4, 0.5) is 0 Å². The minimum atomic E-state index is -0.130. The van der Waals surface area contributed by atoms with Crippen molar-refractivity contribution in [3.8, 4) is 11.4 Å². The Morgan fingerprint density at radius 2 is 1.84 bits per heavy atom. The van der Waals surface area contributed by atoms with E-state index >= 15 is 0 Å². The average Bonchev–Trinajstić information content (AvgIpc) is 3.45. The number of benzene rings is 2. The molecular formula is C24H23N5O2. The molecule has 1 aliphatic rings. The van der Waals surface area contributed by atoms with Crippen LogP contribution in [0.15, 0.2) is 59.4 Å². The number of carbonyl (C=O) groups is 1. The molecule has 0 spiro atoms. The highest BCUT2D eigenvalue weighted by molar-refractivity contribution is 5.76. The van der Waals surface area contributed by atoms with Crippen LogP contribution in [0.25, 0.3) is 17.2 Å². The Labute approximate surface area is 179 Å². The third-order valence-electron chi connectivity index (χ3n) is 5.74. The van der Waals surface area contributed by atoms with E-state index in [1.807, 2.05) is 66.1 Å². The molecule has 0 saturated carbocycles. The third-order valence-corrected chi connectivity index (χ3v) is 5.74. The minimum Gasteiger partial charge on any atom is -0.350 e. The number of aryl methyl sites for hydroxylation is 1. The summed E-state index contributed by atoms with van der Waals surface area (Å²) in [5, 5.41) is 7.46. The molecule has 0 aliphatic heterocycles. The van der Waals surface area contributed by atoms with Crippen LogP contribution in [0.3, 0.4) is 0 Å². The molecule has 0 unspecified atom stereocenters. The Kier molecular flexibility index (Phi) is 4.86. The van der Waals surface area contributed by atoms with E-state index in [0.717, 1.165) is 40.8 Å². The summed E-state index contributed by atoms with van der Waals surface area (Å²) in [6.45, 7) is 2.58. The van der Waals surface area contributed by atoms with E-state index in [2.05, 4.69) is 15.4 Å². The normalized spacial score (nSPS) is 12.8. The lowest BCUT2D eigenvalue weighted by Gasteiger charge is -2.13. The first kappa shape index (κ1) is 19.2.